The lowest BCUT2D eigenvalue weighted by atomic mass is 10.1. The van der Waals surface area contributed by atoms with E-state index in [9.17, 15) is 9.59 Å². The Balaban J connectivity index is 2.00. The van der Waals surface area contributed by atoms with Gasteiger partial charge in [0, 0.05) is 18.3 Å². The number of pyridine rings is 1. The number of para-hydroxylation sites is 2. The molecule has 1 heterocycles. The number of carbonyl (C=O) groups is 1. The Morgan fingerprint density at radius 1 is 1.04 bits per heavy atom. The van der Waals surface area contributed by atoms with Crippen LogP contribution in [-0.2, 0) is 11.3 Å². The van der Waals surface area contributed by atoms with Gasteiger partial charge in [0.25, 0.3) is 5.56 Å². The van der Waals surface area contributed by atoms with Crippen LogP contribution in [0, 0.1) is 6.92 Å². The Labute approximate surface area is 134 Å². The number of amides is 1. The normalized spacial score (nSPS) is 10.7. The summed E-state index contributed by atoms with van der Waals surface area (Å²) >= 11 is 0. The molecule has 0 bridgehead atoms. The molecule has 116 valence electrons. The number of hydrogen-bond acceptors (Lipinski definition) is 2. The summed E-state index contributed by atoms with van der Waals surface area (Å²) in [5, 5.41) is 0.958. The summed E-state index contributed by atoms with van der Waals surface area (Å²) in [6.07, 6.45) is 0. The number of rotatable bonds is 3. The first kappa shape index (κ1) is 15.0. The molecule has 0 aliphatic carbocycles. The van der Waals surface area contributed by atoms with Crippen molar-refractivity contribution < 1.29 is 4.79 Å². The van der Waals surface area contributed by atoms with Crippen molar-refractivity contribution >= 4 is 22.5 Å². The Kier molecular flexibility index (Phi) is 3.98. The van der Waals surface area contributed by atoms with Crippen LogP contribution in [0.4, 0.5) is 5.69 Å². The first-order valence-electron chi connectivity index (χ1n) is 7.49. The Bertz CT molecular complexity index is 914. The van der Waals surface area contributed by atoms with Gasteiger partial charge in [0.1, 0.15) is 6.54 Å². The third-order valence-electron chi connectivity index (χ3n) is 3.99. The van der Waals surface area contributed by atoms with Crippen molar-refractivity contribution in [2.45, 2.75) is 13.5 Å². The summed E-state index contributed by atoms with van der Waals surface area (Å²) in [4.78, 5) is 26.6. The number of aryl methyl sites for hydroxylation is 1. The first-order chi connectivity index (χ1) is 11.1. The number of fused-ring (bicyclic) bond motifs is 1. The Hall–Kier alpha value is -2.88. The fraction of sp³-hybridized carbons (Fsp3) is 0.158. The second-order valence-corrected chi connectivity index (χ2v) is 5.57. The minimum absolute atomic E-state index is 0.0203. The van der Waals surface area contributed by atoms with Gasteiger partial charge in [-0.2, -0.15) is 0 Å². The van der Waals surface area contributed by atoms with E-state index in [1.807, 2.05) is 60.7 Å². The zero-order valence-electron chi connectivity index (χ0n) is 13.2. The van der Waals surface area contributed by atoms with Gasteiger partial charge in [0.15, 0.2) is 0 Å². The molecule has 23 heavy (non-hydrogen) atoms. The summed E-state index contributed by atoms with van der Waals surface area (Å²) in [6, 6.07) is 18.9. The molecule has 0 saturated heterocycles. The first-order valence-corrected chi connectivity index (χ1v) is 7.49. The van der Waals surface area contributed by atoms with Crippen molar-refractivity contribution in [3.05, 3.63) is 76.6 Å². The zero-order chi connectivity index (χ0) is 16.4. The molecular formula is C19H18N2O2. The molecule has 1 aromatic heterocycles. The number of likely N-dealkylation sites (N-methyl/N-ethyl adjacent to an activating group) is 1. The quantitative estimate of drug-likeness (QED) is 0.746. The smallest absolute Gasteiger partial charge is 0.254 e. The molecule has 2 aromatic carbocycles. The van der Waals surface area contributed by atoms with Crippen LogP contribution in [-0.4, -0.2) is 17.5 Å². The van der Waals surface area contributed by atoms with E-state index in [4.69, 9.17) is 0 Å². The third kappa shape index (κ3) is 2.88. The van der Waals surface area contributed by atoms with Gasteiger partial charge < -0.3 is 4.90 Å². The molecule has 0 aliphatic heterocycles. The van der Waals surface area contributed by atoms with Crippen molar-refractivity contribution in [3.8, 4) is 0 Å². The predicted molar refractivity (Wildman–Crippen MR) is 92.8 cm³/mol. The van der Waals surface area contributed by atoms with Gasteiger partial charge in [-0.25, -0.2) is 0 Å². The SMILES string of the molecule is Cc1cc2ccccc2n(CC(=O)N(C)c2ccccc2)c1=O. The lowest BCUT2D eigenvalue weighted by Crippen LogP contribution is -2.34. The highest BCUT2D eigenvalue weighted by Gasteiger charge is 2.14. The third-order valence-corrected chi connectivity index (χ3v) is 3.99. The lowest BCUT2D eigenvalue weighted by molar-refractivity contribution is -0.118. The number of benzene rings is 2. The maximum absolute atomic E-state index is 12.6. The molecule has 0 aliphatic rings. The van der Waals surface area contributed by atoms with Crippen molar-refractivity contribution in [1.82, 2.24) is 4.57 Å². The van der Waals surface area contributed by atoms with E-state index < -0.39 is 0 Å². The van der Waals surface area contributed by atoms with E-state index in [1.165, 1.54) is 0 Å². The highest BCUT2D eigenvalue weighted by atomic mass is 16.2. The summed E-state index contributed by atoms with van der Waals surface area (Å²) in [5.41, 5.74) is 2.10. The minimum Gasteiger partial charge on any atom is -0.314 e. The number of carbonyl (C=O) groups excluding carboxylic acids is 1. The van der Waals surface area contributed by atoms with Gasteiger partial charge >= 0.3 is 0 Å². The van der Waals surface area contributed by atoms with Gasteiger partial charge in [-0.05, 0) is 36.6 Å². The average Bonchev–Trinajstić information content (AvgIpc) is 2.59. The topological polar surface area (TPSA) is 42.3 Å². The molecule has 3 aromatic rings. The number of hydrogen-bond donors (Lipinski definition) is 0. The van der Waals surface area contributed by atoms with Crippen molar-refractivity contribution in [1.29, 1.82) is 0 Å². The summed E-state index contributed by atoms with van der Waals surface area (Å²) < 4.78 is 1.55. The van der Waals surface area contributed by atoms with E-state index >= 15 is 0 Å². The molecule has 0 fully saturated rings. The van der Waals surface area contributed by atoms with Crippen LogP contribution < -0.4 is 10.5 Å². The fourth-order valence-electron chi connectivity index (χ4n) is 2.67. The minimum atomic E-state index is -0.131. The molecule has 0 saturated carbocycles. The van der Waals surface area contributed by atoms with Crippen LogP contribution in [0.2, 0.25) is 0 Å². The maximum atomic E-state index is 12.6. The second-order valence-electron chi connectivity index (χ2n) is 5.57. The van der Waals surface area contributed by atoms with Crippen molar-refractivity contribution in [2.75, 3.05) is 11.9 Å². The number of aromatic nitrogens is 1. The largest absolute Gasteiger partial charge is 0.314 e. The Morgan fingerprint density at radius 2 is 1.70 bits per heavy atom. The number of nitrogens with zero attached hydrogens (tertiary/aromatic N) is 2. The second kappa shape index (κ2) is 6.08. The molecule has 0 atom stereocenters. The van der Waals surface area contributed by atoms with Gasteiger partial charge in [0.05, 0.1) is 5.52 Å². The maximum Gasteiger partial charge on any atom is 0.254 e. The van der Waals surface area contributed by atoms with Gasteiger partial charge in [0.2, 0.25) is 5.91 Å². The Morgan fingerprint density at radius 3 is 2.43 bits per heavy atom. The van der Waals surface area contributed by atoms with Crippen LogP contribution in [0.15, 0.2) is 65.5 Å². The molecule has 3 rings (SSSR count). The molecule has 0 N–H and O–H groups in total. The molecule has 4 nitrogen and oxygen atoms in total. The van der Waals surface area contributed by atoms with E-state index in [2.05, 4.69) is 0 Å². The molecule has 0 spiro atoms. The fourth-order valence-corrected chi connectivity index (χ4v) is 2.67. The van der Waals surface area contributed by atoms with E-state index in [0.717, 1.165) is 16.6 Å². The standard InChI is InChI=1S/C19H18N2O2/c1-14-12-15-8-6-7-11-17(15)21(19(14)23)13-18(22)20(2)16-9-4-3-5-10-16/h3-12H,13H2,1-2H3. The van der Waals surface area contributed by atoms with Crippen LogP contribution in [0.3, 0.4) is 0 Å². The predicted octanol–water partition coefficient (Wildman–Crippen LogP) is 2.97. The van der Waals surface area contributed by atoms with Crippen LogP contribution >= 0.6 is 0 Å². The molecule has 0 unspecified atom stereocenters. The van der Waals surface area contributed by atoms with Crippen LogP contribution in [0.1, 0.15) is 5.56 Å². The van der Waals surface area contributed by atoms with Crippen molar-refractivity contribution in [2.24, 2.45) is 0 Å². The molecule has 1 amide bonds. The highest BCUT2D eigenvalue weighted by Crippen LogP contribution is 2.15. The van der Waals surface area contributed by atoms with Crippen LogP contribution in [0.25, 0.3) is 10.9 Å². The summed E-state index contributed by atoms with van der Waals surface area (Å²) in [5.74, 6) is -0.131. The van der Waals surface area contributed by atoms with E-state index in [0.29, 0.717) is 5.56 Å². The lowest BCUT2D eigenvalue weighted by Gasteiger charge is -2.19. The van der Waals surface area contributed by atoms with Gasteiger partial charge in [-0.15, -0.1) is 0 Å². The van der Waals surface area contributed by atoms with E-state index in [1.54, 1.807) is 23.4 Å². The zero-order valence-corrected chi connectivity index (χ0v) is 13.2. The van der Waals surface area contributed by atoms with Crippen molar-refractivity contribution in [3.63, 3.8) is 0 Å². The van der Waals surface area contributed by atoms with Gasteiger partial charge in [-0.3, -0.25) is 14.2 Å². The van der Waals surface area contributed by atoms with Gasteiger partial charge in [-0.1, -0.05) is 36.4 Å². The van der Waals surface area contributed by atoms with Crippen LogP contribution in [0.5, 0.6) is 0 Å². The molecule has 4 heteroatoms. The number of anilines is 1. The molecular weight excluding hydrogens is 288 g/mol. The highest BCUT2D eigenvalue weighted by molar-refractivity contribution is 5.93. The molecule has 0 radical (unpaired) electrons. The average molecular weight is 306 g/mol. The summed E-state index contributed by atoms with van der Waals surface area (Å²) in [6.45, 7) is 1.79. The monoisotopic (exact) mass is 306 g/mol. The van der Waals surface area contributed by atoms with E-state index in [-0.39, 0.29) is 18.0 Å². The summed E-state index contributed by atoms with van der Waals surface area (Å²) in [7, 11) is 1.72.